The van der Waals surface area contributed by atoms with Crippen molar-refractivity contribution in [1.82, 2.24) is 4.90 Å². The second kappa shape index (κ2) is 10.1. The van der Waals surface area contributed by atoms with Crippen LogP contribution < -0.4 is 4.90 Å². The Hall–Kier alpha value is -3.37. The van der Waals surface area contributed by atoms with Crippen LogP contribution in [0.5, 0.6) is 0 Å². The van der Waals surface area contributed by atoms with E-state index in [1.54, 1.807) is 38.1 Å². The normalized spacial score (nSPS) is 11.1. The number of carboxylic acid groups (broad SMARTS) is 1. The number of halogens is 2. The van der Waals surface area contributed by atoms with Crippen molar-refractivity contribution >= 4 is 28.0 Å². The molecule has 0 fully saturated rings. The van der Waals surface area contributed by atoms with E-state index in [2.05, 4.69) is 0 Å². The monoisotopic (exact) mass is 475 g/mol. The van der Waals surface area contributed by atoms with Gasteiger partial charge in [0.1, 0.15) is 16.6 Å². The highest BCUT2D eigenvalue weighted by atomic mass is 32.1. The molecule has 0 amide bonds. The third kappa shape index (κ3) is 5.18. The summed E-state index contributed by atoms with van der Waals surface area (Å²) in [5.74, 6) is -2.56. The Morgan fingerprint density at radius 3 is 2.15 bits per heavy atom. The summed E-state index contributed by atoms with van der Waals surface area (Å²) >= 11 is 1.19. The summed E-state index contributed by atoms with van der Waals surface area (Å²) in [5, 5.41) is 21.5. The van der Waals surface area contributed by atoms with Gasteiger partial charge in [0.25, 0.3) is 5.69 Å². The van der Waals surface area contributed by atoms with Crippen molar-refractivity contribution in [3.8, 4) is 10.4 Å². The molecule has 0 bridgehead atoms. The number of carboxylic acids is 1. The van der Waals surface area contributed by atoms with Crippen LogP contribution in [0.1, 0.15) is 28.4 Å². The molecule has 33 heavy (non-hydrogen) atoms. The zero-order valence-corrected chi connectivity index (χ0v) is 19.2. The van der Waals surface area contributed by atoms with Gasteiger partial charge in [-0.15, -0.1) is 11.3 Å². The van der Waals surface area contributed by atoms with Gasteiger partial charge in [0.05, 0.1) is 10.5 Å². The fourth-order valence-corrected chi connectivity index (χ4v) is 4.90. The molecule has 0 aliphatic rings. The van der Waals surface area contributed by atoms with Crippen LogP contribution in [-0.4, -0.2) is 41.5 Å². The van der Waals surface area contributed by atoms with Crippen molar-refractivity contribution in [2.45, 2.75) is 20.0 Å². The van der Waals surface area contributed by atoms with Crippen LogP contribution >= 0.6 is 11.3 Å². The number of nitrogens with zero attached hydrogens (tertiary/aromatic N) is 3. The van der Waals surface area contributed by atoms with Crippen LogP contribution in [0.3, 0.4) is 0 Å². The van der Waals surface area contributed by atoms with Crippen molar-refractivity contribution in [2.75, 3.05) is 25.5 Å². The average Bonchev–Trinajstić information content (AvgIpc) is 3.12. The van der Waals surface area contributed by atoms with Gasteiger partial charge in [0, 0.05) is 47.8 Å². The third-order valence-corrected chi connectivity index (χ3v) is 6.44. The van der Waals surface area contributed by atoms with Crippen molar-refractivity contribution in [2.24, 2.45) is 0 Å². The van der Waals surface area contributed by atoms with Gasteiger partial charge in [-0.05, 0) is 50.8 Å². The zero-order chi connectivity index (χ0) is 24.3. The molecule has 0 radical (unpaired) electrons. The van der Waals surface area contributed by atoms with E-state index in [1.807, 2.05) is 4.90 Å². The lowest BCUT2D eigenvalue weighted by Crippen LogP contribution is -2.25. The van der Waals surface area contributed by atoms with E-state index in [0.29, 0.717) is 34.1 Å². The molecule has 0 atom stereocenters. The lowest BCUT2D eigenvalue weighted by Gasteiger charge is -2.23. The van der Waals surface area contributed by atoms with Gasteiger partial charge in [-0.3, -0.25) is 10.1 Å². The minimum Gasteiger partial charge on any atom is -0.478 e. The molecular weight excluding hydrogens is 452 g/mol. The third-order valence-electron chi connectivity index (χ3n) is 5.10. The standard InChI is InChI=1S/C23H23F2N3O4S/c1-4-27(13-16-18(24)6-5-7-19(16)25)22-20(23(29)30)17(12-26(2)3)21(33-22)14-8-10-15(11-9-14)28(31)32/h5-11H,4,12-13H2,1-3H3,(H,29,30). The summed E-state index contributed by atoms with van der Waals surface area (Å²) < 4.78 is 28.6. The molecule has 7 nitrogen and oxygen atoms in total. The predicted molar refractivity (Wildman–Crippen MR) is 124 cm³/mol. The Balaban J connectivity index is 2.17. The molecule has 1 heterocycles. The number of nitro groups is 1. The maximum Gasteiger partial charge on any atom is 0.339 e. The Labute approximate surface area is 193 Å². The van der Waals surface area contributed by atoms with Crippen molar-refractivity contribution in [1.29, 1.82) is 0 Å². The first-order valence-corrected chi connectivity index (χ1v) is 10.9. The molecule has 0 aliphatic heterocycles. The summed E-state index contributed by atoms with van der Waals surface area (Å²) in [6.45, 7) is 2.25. The minimum atomic E-state index is -1.15. The maximum absolute atomic E-state index is 14.3. The molecule has 0 spiro atoms. The summed E-state index contributed by atoms with van der Waals surface area (Å²) in [5.41, 5.74) is 1.00. The molecule has 1 N–H and O–H groups in total. The largest absolute Gasteiger partial charge is 0.478 e. The maximum atomic E-state index is 14.3. The SMILES string of the molecule is CCN(Cc1c(F)cccc1F)c1sc(-c2ccc([N+](=O)[O-])cc2)c(CN(C)C)c1C(=O)O. The number of hydrogen-bond donors (Lipinski definition) is 1. The van der Waals surface area contributed by atoms with Gasteiger partial charge in [-0.1, -0.05) is 6.07 Å². The Bertz CT molecular complexity index is 1160. The number of carbonyl (C=O) groups is 1. The van der Waals surface area contributed by atoms with E-state index in [1.165, 1.54) is 41.7 Å². The Morgan fingerprint density at radius 2 is 1.67 bits per heavy atom. The summed E-state index contributed by atoms with van der Waals surface area (Å²) in [4.78, 5) is 26.9. The van der Waals surface area contributed by atoms with Crippen LogP contribution in [0.15, 0.2) is 42.5 Å². The molecule has 0 saturated heterocycles. The van der Waals surface area contributed by atoms with Crippen LogP contribution in [0.4, 0.5) is 19.5 Å². The van der Waals surface area contributed by atoms with Crippen molar-refractivity contribution in [3.63, 3.8) is 0 Å². The van der Waals surface area contributed by atoms with E-state index >= 15 is 0 Å². The molecule has 3 rings (SSSR count). The van der Waals surface area contributed by atoms with E-state index in [-0.39, 0.29) is 23.4 Å². The number of thiophene rings is 1. The quantitative estimate of drug-likeness (QED) is 0.330. The highest BCUT2D eigenvalue weighted by molar-refractivity contribution is 7.20. The topological polar surface area (TPSA) is 86.9 Å². The molecule has 10 heteroatoms. The number of rotatable bonds is 9. The average molecular weight is 476 g/mol. The first-order valence-electron chi connectivity index (χ1n) is 10.1. The van der Waals surface area contributed by atoms with E-state index in [4.69, 9.17) is 0 Å². The smallest absolute Gasteiger partial charge is 0.339 e. The van der Waals surface area contributed by atoms with E-state index < -0.39 is 22.5 Å². The van der Waals surface area contributed by atoms with Crippen LogP contribution in [0, 0.1) is 21.7 Å². The number of non-ortho nitro benzene ring substituents is 1. The first kappa shape index (κ1) is 24.3. The second-order valence-corrected chi connectivity index (χ2v) is 8.65. The van der Waals surface area contributed by atoms with Gasteiger partial charge in [-0.25, -0.2) is 13.6 Å². The van der Waals surface area contributed by atoms with Gasteiger partial charge in [0.15, 0.2) is 0 Å². The molecule has 2 aromatic carbocycles. The van der Waals surface area contributed by atoms with Crippen molar-refractivity contribution < 1.29 is 23.6 Å². The molecule has 0 saturated carbocycles. The van der Waals surface area contributed by atoms with E-state index in [0.717, 1.165) is 0 Å². The molecule has 1 aromatic heterocycles. The Morgan fingerprint density at radius 1 is 1.06 bits per heavy atom. The minimum absolute atomic E-state index is 0.0562. The van der Waals surface area contributed by atoms with E-state index in [9.17, 15) is 28.8 Å². The molecular formula is C23H23F2N3O4S. The number of hydrogen-bond acceptors (Lipinski definition) is 6. The van der Waals surface area contributed by atoms with Crippen LogP contribution in [-0.2, 0) is 13.1 Å². The molecule has 0 unspecified atom stereocenters. The van der Waals surface area contributed by atoms with Gasteiger partial charge < -0.3 is 14.9 Å². The fraction of sp³-hybridized carbons (Fsp3) is 0.261. The zero-order valence-electron chi connectivity index (χ0n) is 18.3. The van der Waals surface area contributed by atoms with Gasteiger partial charge >= 0.3 is 5.97 Å². The molecule has 0 aliphatic carbocycles. The second-order valence-electron chi connectivity index (χ2n) is 7.65. The number of aromatic carboxylic acids is 1. The highest BCUT2D eigenvalue weighted by Gasteiger charge is 2.28. The van der Waals surface area contributed by atoms with Gasteiger partial charge in [-0.2, -0.15) is 0 Å². The molecule has 174 valence electrons. The summed E-state index contributed by atoms with van der Waals surface area (Å²) in [6.07, 6.45) is 0. The summed E-state index contributed by atoms with van der Waals surface area (Å²) in [7, 11) is 3.60. The van der Waals surface area contributed by atoms with Crippen LogP contribution in [0.25, 0.3) is 10.4 Å². The van der Waals surface area contributed by atoms with Crippen LogP contribution in [0.2, 0.25) is 0 Å². The lowest BCUT2D eigenvalue weighted by atomic mass is 10.0. The first-order chi connectivity index (χ1) is 15.6. The van der Waals surface area contributed by atoms with Gasteiger partial charge in [0.2, 0.25) is 0 Å². The molecule has 3 aromatic rings. The Kier molecular flexibility index (Phi) is 7.39. The fourth-order valence-electron chi connectivity index (χ4n) is 3.53. The number of nitro benzene ring substituents is 1. The number of anilines is 1. The predicted octanol–water partition coefficient (Wildman–Crippen LogP) is 5.39. The highest BCUT2D eigenvalue weighted by Crippen LogP contribution is 2.43. The van der Waals surface area contributed by atoms with Crippen molar-refractivity contribution in [3.05, 3.63) is 80.9 Å². The number of benzene rings is 2. The lowest BCUT2D eigenvalue weighted by molar-refractivity contribution is -0.384. The summed E-state index contributed by atoms with van der Waals surface area (Å²) in [6, 6.07) is 9.48.